The van der Waals surface area contributed by atoms with Gasteiger partial charge >= 0.3 is 0 Å². The fraction of sp³-hybridized carbons (Fsp3) is 0.250. The Morgan fingerprint density at radius 1 is 1.19 bits per heavy atom. The number of carbonyl (C=O) groups is 1. The lowest BCUT2D eigenvalue weighted by Gasteiger charge is -2.19. The van der Waals surface area contributed by atoms with Crippen molar-refractivity contribution in [2.75, 3.05) is 5.32 Å². The Kier molecular flexibility index (Phi) is 6.82. The number of thiophene rings is 1. The van der Waals surface area contributed by atoms with Crippen LogP contribution in [0.5, 0.6) is 5.75 Å². The van der Waals surface area contributed by atoms with Gasteiger partial charge in [0.05, 0.1) is 16.0 Å². The summed E-state index contributed by atoms with van der Waals surface area (Å²) >= 11 is 7.88. The summed E-state index contributed by atoms with van der Waals surface area (Å²) in [5.41, 5.74) is 2.06. The van der Waals surface area contributed by atoms with Crippen molar-refractivity contribution in [2.45, 2.75) is 45.1 Å². The summed E-state index contributed by atoms with van der Waals surface area (Å²) in [4.78, 5) is 28.0. The average Bonchev–Trinajstić information content (AvgIpc) is 3.25. The number of carbonyl (C=O) groups excluding carboxylic acids is 1. The molecule has 4 aromatic rings. The maximum atomic E-state index is 13.5. The number of nitrogens with one attached hydrogen (secondary N) is 1. The van der Waals surface area contributed by atoms with Crippen LogP contribution in [0.1, 0.15) is 42.2 Å². The Morgan fingerprint density at radius 3 is 2.72 bits per heavy atom. The van der Waals surface area contributed by atoms with Crippen molar-refractivity contribution in [3.05, 3.63) is 79.8 Å². The monoisotopic (exact) mass is 518 g/mol. The number of halogens is 1. The molecule has 0 saturated heterocycles. The fourth-order valence-corrected chi connectivity index (χ4v) is 5.95. The molecular formula is C28H23ClN2O4S. The lowest BCUT2D eigenvalue weighted by atomic mass is 9.96. The largest absolute Gasteiger partial charge is 0.473 e. The first-order valence-electron chi connectivity index (χ1n) is 11.8. The molecule has 2 aromatic heterocycles. The standard InChI is InChI=1S/C28H23ClN2O4S/c1-2-21(27(33)31-28-19(15-30)16-9-5-8-14-23(16)36-28)34-26-24(32)18-11-4-7-13-22(18)35-25(26)17-10-3-6-12-20(17)29/h3-4,6-7,10-13,21H,2,5,8-9,14H2,1H3,(H,31,33). The third-order valence-corrected chi connectivity index (χ3v) is 7.85. The van der Waals surface area contributed by atoms with E-state index in [2.05, 4.69) is 11.4 Å². The molecule has 0 spiro atoms. The summed E-state index contributed by atoms with van der Waals surface area (Å²) in [5, 5.41) is 13.9. The maximum absolute atomic E-state index is 13.5. The lowest BCUT2D eigenvalue weighted by molar-refractivity contribution is -0.122. The molecule has 1 atom stereocenters. The third-order valence-electron chi connectivity index (χ3n) is 6.32. The van der Waals surface area contributed by atoms with E-state index in [1.165, 1.54) is 11.3 Å². The van der Waals surface area contributed by atoms with Gasteiger partial charge in [-0.05, 0) is 61.9 Å². The first-order valence-corrected chi connectivity index (χ1v) is 13.0. The molecule has 182 valence electrons. The molecule has 0 bridgehead atoms. The average molecular weight is 519 g/mol. The molecule has 0 radical (unpaired) electrons. The summed E-state index contributed by atoms with van der Waals surface area (Å²) in [7, 11) is 0. The first-order chi connectivity index (χ1) is 17.5. The zero-order valence-electron chi connectivity index (χ0n) is 19.6. The van der Waals surface area contributed by atoms with Gasteiger partial charge in [-0.15, -0.1) is 11.3 Å². The van der Waals surface area contributed by atoms with E-state index in [1.807, 2.05) is 0 Å². The van der Waals surface area contributed by atoms with Crippen LogP contribution in [0, 0.1) is 11.3 Å². The van der Waals surface area contributed by atoms with Crippen molar-refractivity contribution in [3.8, 4) is 23.1 Å². The second-order valence-corrected chi connectivity index (χ2v) is 10.1. The molecule has 1 N–H and O–H groups in total. The van der Waals surface area contributed by atoms with Gasteiger partial charge in [0.2, 0.25) is 11.2 Å². The van der Waals surface area contributed by atoms with Gasteiger partial charge in [0.15, 0.2) is 11.9 Å². The zero-order valence-corrected chi connectivity index (χ0v) is 21.2. The van der Waals surface area contributed by atoms with Crippen molar-refractivity contribution in [3.63, 3.8) is 0 Å². The summed E-state index contributed by atoms with van der Waals surface area (Å²) in [6.07, 6.45) is 3.19. The molecular weight excluding hydrogens is 496 g/mol. The molecule has 1 aliphatic rings. The van der Waals surface area contributed by atoms with Crippen LogP contribution in [0.15, 0.2) is 57.7 Å². The van der Waals surface area contributed by atoms with E-state index in [9.17, 15) is 14.9 Å². The van der Waals surface area contributed by atoms with Gasteiger partial charge < -0.3 is 14.5 Å². The Morgan fingerprint density at radius 2 is 1.94 bits per heavy atom. The Labute approximate surface area is 217 Å². The topological polar surface area (TPSA) is 92.3 Å². The highest BCUT2D eigenvalue weighted by Crippen LogP contribution is 2.38. The van der Waals surface area contributed by atoms with Gasteiger partial charge in [-0.2, -0.15) is 5.26 Å². The van der Waals surface area contributed by atoms with Crippen molar-refractivity contribution in [1.29, 1.82) is 5.26 Å². The van der Waals surface area contributed by atoms with Crippen molar-refractivity contribution in [1.82, 2.24) is 0 Å². The summed E-state index contributed by atoms with van der Waals surface area (Å²) < 4.78 is 12.2. The minimum atomic E-state index is -0.985. The van der Waals surface area contributed by atoms with Gasteiger partial charge in [0, 0.05) is 10.4 Å². The molecule has 0 saturated carbocycles. The smallest absolute Gasteiger partial charge is 0.266 e. The van der Waals surface area contributed by atoms with E-state index in [0.29, 0.717) is 38.5 Å². The molecule has 2 heterocycles. The molecule has 0 aliphatic heterocycles. The number of para-hydroxylation sites is 1. The molecule has 1 unspecified atom stereocenters. The zero-order chi connectivity index (χ0) is 25.2. The number of hydrogen-bond acceptors (Lipinski definition) is 6. The van der Waals surface area contributed by atoms with Crippen LogP contribution in [-0.2, 0) is 17.6 Å². The second kappa shape index (κ2) is 10.2. The number of aryl methyl sites for hydroxylation is 1. The predicted octanol–water partition coefficient (Wildman–Crippen LogP) is 6.72. The minimum absolute atomic E-state index is 0.0743. The molecule has 36 heavy (non-hydrogen) atoms. The maximum Gasteiger partial charge on any atom is 0.266 e. The second-order valence-electron chi connectivity index (χ2n) is 8.60. The molecule has 1 amide bonds. The molecule has 2 aromatic carbocycles. The highest BCUT2D eigenvalue weighted by atomic mass is 35.5. The van der Waals surface area contributed by atoms with Gasteiger partial charge in [-0.25, -0.2) is 0 Å². The quantitative estimate of drug-likeness (QED) is 0.306. The predicted molar refractivity (Wildman–Crippen MR) is 142 cm³/mol. The first kappa shape index (κ1) is 24.1. The number of nitrogens with zero attached hydrogens (tertiary/aromatic N) is 1. The molecule has 0 fully saturated rings. The number of nitriles is 1. The number of fused-ring (bicyclic) bond motifs is 2. The van der Waals surface area contributed by atoms with Crippen molar-refractivity contribution in [2.24, 2.45) is 0 Å². The molecule has 5 rings (SSSR count). The number of benzene rings is 2. The van der Waals surface area contributed by atoms with Crippen molar-refractivity contribution < 1.29 is 13.9 Å². The molecule has 1 aliphatic carbocycles. The Hall–Kier alpha value is -3.60. The fourth-order valence-electron chi connectivity index (χ4n) is 4.48. The van der Waals surface area contributed by atoms with Crippen molar-refractivity contribution >= 4 is 44.8 Å². The van der Waals surface area contributed by atoms with Crippen LogP contribution in [0.25, 0.3) is 22.3 Å². The Balaban J connectivity index is 1.53. The normalized spacial score (nSPS) is 13.6. The third kappa shape index (κ3) is 4.39. The van der Waals surface area contributed by atoms with Gasteiger partial charge in [0.25, 0.3) is 5.91 Å². The van der Waals surface area contributed by atoms with Crippen LogP contribution < -0.4 is 15.5 Å². The van der Waals surface area contributed by atoms with E-state index in [-0.39, 0.29) is 16.9 Å². The number of hydrogen-bond donors (Lipinski definition) is 1. The van der Waals surface area contributed by atoms with Gasteiger partial charge in [-0.3, -0.25) is 9.59 Å². The van der Waals surface area contributed by atoms with Crippen LogP contribution in [0.2, 0.25) is 5.02 Å². The summed E-state index contributed by atoms with van der Waals surface area (Å²) in [6, 6.07) is 16.1. The summed E-state index contributed by atoms with van der Waals surface area (Å²) in [5.74, 6) is -0.333. The molecule has 6 nitrogen and oxygen atoms in total. The van der Waals surface area contributed by atoms with E-state index in [1.54, 1.807) is 55.5 Å². The van der Waals surface area contributed by atoms with Crippen LogP contribution in [-0.4, -0.2) is 12.0 Å². The highest BCUT2D eigenvalue weighted by Gasteiger charge is 2.28. The Bertz CT molecular complexity index is 1570. The SMILES string of the molecule is CCC(Oc1c(-c2ccccc2Cl)oc2ccccc2c1=O)C(=O)Nc1sc2c(c1C#N)CCCC2. The van der Waals surface area contributed by atoms with Gasteiger partial charge in [-0.1, -0.05) is 42.8 Å². The minimum Gasteiger partial charge on any atom is -0.473 e. The number of amides is 1. The van der Waals surface area contributed by atoms with Crippen LogP contribution in [0.4, 0.5) is 5.00 Å². The van der Waals surface area contributed by atoms with E-state index in [4.69, 9.17) is 20.8 Å². The van der Waals surface area contributed by atoms with E-state index in [0.717, 1.165) is 36.1 Å². The number of ether oxygens (including phenoxy) is 1. The highest BCUT2D eigenvalue weighted by molar-refractivity contribution is 7.16. The lowest BCUT2D eigenvalue weighted by Crippen LogP contribution is -2.34. The number of anilines is 1. The summed E-state index contributed by atoms with van der Waals surface area (Å²) in [6.45, 7) is 1.80. The van der Waals surface area contributed by atoms with E-state index < -0.39 is 12.0 Å². The van der Waals surface area contributed by atoms with E-state index >= 15 is 0 Å². The number of rotatable bonds is 6. The van der Waals surface area contributed by atoms with Gasteiger partial charge in [0.1, 0.15) is 16.7 Å². The van der Waals surface area contributed by atoms with Crippen LogP contribution in [0.3, 0.4) is 0 Å². The molecule has 8 heteroatoms. The van der Waals surface area contributed by atoms with Crippen LogP contribution >= 0.6 is 22.9 Å².